The summed E-state index contributed by atoms with van der Waals surface area (Å²) in [6.07, 6.45) is 3.51. The molecule has 3 rings (SSSR count). The molecule has 20 heavy (non-hydrogen) atoms. The molecule has 5 nitrogen and oxygen atoms in total. The van der Waals surface area contributed by atoms with Crippen LogP contribution in [0, 0.1) is 0 Å². The van der Waals surface area contributed by atoms with Gasteiger partial charge in [0.25, 0.3) is 0 Å². The highest BCUT2D eigenvalue weighted by Crippen LogP contribution is 2.25. The second-order valence-corrected chi connectivity index (χ2v) is 4.61. The quantitative estimate of drug-likeness (QED) is 0.677. The second-order valence-electron chi connectivity index (χ2n) is 4.05. The highest BCUT2D eigenvalue weighted by molar-refractivity contribution is 9.08. The molecule has 0 aliphatic rings. The zero-order chi connectivity index (χ0) is 13.9. The number of aromatic nitrogens is 2. The number of rotatable bonds is 4. The average Bonchev–Trinajstić information content (AvgIpc) is 3.10. The van der Waals surface area contributed by atoms with Gasteiger partial charge in [0, 0.05) is 17.5 Å². The van der Waals surface area contributed by atoms with Crippen LogP contribution >= 0.6 is 15.9 Å². The molecule has 0 bridgehead atoms. The van der Waals surface area contributed by atoms with E-state index < -0.39 is 0 Å². The molecule has 0 saturated heterocycles. The van der Waals surface area contributed by atoms with E-state index in [1.807, 2.05) is 24.3 Å². The Morgan fingerprint density at radius 3 is 2.85 bits per heavy atom. The van der Waals surface area contributed by atoms with E-state index >= 15 is 0 Å². The van der Waals surface area contributed by atoms with Crippen LogP contribution in [0.3, 0.4) is 0 Å². The van der Waals surface area contributed by atoms with Gasteiger partial charge in [-0.05, 0) is 24.3 Å². The van der Waals surface area contributed by atoms with Crippen molar-refractivity contribution in [2.45, 2.75) is 5.33 Å². The molecule has 0 saturated carbocycles. The molecule has 1 aromatic carbocycles. The third kappa shape index (κ3) is 2.60. The van der Waals surface area contributed by atoms with E-state index in [1.165, 1.54) is 0 Å². The molecule has 0 N–H and O–H groups in total. The summed E-state index contributed by atoms with van der Waals surface area (Å²) >= 11 is 3.25. The van der Waals surface area contributed by atoms with Crippen molar-refractivity contribution in [2.24, 2.45) is 0 Å². The largest absolute Gasteiger partial charge is 0.497 e. The van der Waals surface area contributed by atoms with Gasteiger partial charge in [0.15, 0.2) is 0 Å². The van der Waals surface area contributed by atoms with Gasteiger partial charge in [-0.3, -0.25) is 0 Å². The lowest BCUT2D eigenvalue weighted by Crippen LogP contribution is -1.79. The Morgan fingerprint density at radius 1 is 1.20 bits per heavy atom. The van der Waals surface area contributed by atoms with Gasteiger partial charge in [-0.15, -0.1) is 10.2 Å². The van der Waals surface area contributed by atoms with Crippen molar-refractivity contribution < 1.29 is 13.6 Å². The minimum absolute atomic E-state index is 0.442. The second kappa shape index (κ2) is 5.50. The summed E-state index contributed by atoms with van der Waals surface area (Å²) < 4.78 is 16.2. The molecule has 2 heterocycles. The fourth-order valence-corrected chi connectivity index (χ4v) is 2.01. The molecule has 0 spiro atoms. The van der Waals surface area contributed by atoms with E-state index in [9.17, 15) is 0 Å². The molecule has 102 valence electrons. The number of fused-ring (bicyclic) bond motifs is 1. The Hall–Kier alpha value is -2.08. The van der Waals surface area contributed by atoms with Crippen molar-refractivity contribution in [3.05, 3.63) is 41.8 Å². The van der Waals surface area contributed by atoms with Gasteiger partial charge in [-0.25, -0.2) is 0 Å². The van der Waals surface area contributed by atoms with Gasteiger partial charge < -0.3 is 13.6 Å². The summed E-state index contributed by atoms with van der Waals surface area (Å²) in [7, 11) is 1.63. The number of benzene rings is 1. The smallest absolute Gasteiger partial charge is 0.240 e. The van der Waals surface area contributed by atoms with Crippen LogP contribution in [0.1, 0.15) is 17.5 Å². The predicted octanol–water partition coefficient (Wildman–Crippen LogP) is 3.89. The van der Waals surface area contributed by atoms with E-state index in [-0.39, 0.29) is 0 Å². The van der Waals surface area contributed by atoms with Crippen molar-refractivity contribution in [1.82, 2.24) is 10.2 Å². The van der Waals surface area contributed by atoms with Crippen LogP contribution in [-0.4, -0.2) is 17.3 Å². The SMILES string of the molecule is COc1ccc2cc(/C=C/c3nnc(CBr)o3)oc2c1. The Labute approximate surface area is 123 Å². The first-order valence-electron chi connectivity index (χ1n) is 5.92. The summed E-state index contributed by atoms with van der Waals surface area (Å²) in [5, 5.41) is 9.29. The lowest BCUT2D eigenvalue weighted by Gasteiger charge is -1.96. The highest BCUT2D eigenvalue weighted by atomic mass is 79.9. The molecule has 0 aliphatic carbocycles. The summed E-state index contributed by atoms with van der Waals surface area (Å²) in [6, 6.07) is 7.63. The number of alkyl halides is 1. The van der Waals surface area contributed by atoms with Gasteiger partial charge in [0.1, 0.15) is 17.1 Å². The molecular formula is C14H11BrN2O3. The molecule has 0 fully saturated rings. The fourth-order valence-electron chi connectivity index (χ4n) is 1.78. The van der Waals surface area contributed by atoms with Crippen LogP contribution in [0.2, 0.25) is 0 Å². The first-order valence-corrected chi connectivity index (χ1v) is 7.04. The summed E-state index contributed by atoms with van der Waals surface area (Å²) in [5.41, 5.74) is 0.774. The Kier molecular flexibility index (Phi) is 3.56. The molecule has 6 heteroatoms. The Bertz CT molecular complexity index is 761. The van der Waals surface area contributed by atoms with Crippen molar-refractivity contribution in [3.63, 3.8) is 0 Å². The van der Waals surface area contributed by atoms with Gasteiger partial charge >= 0.3 is 0 Å². The fraction of sp³-hybridized carbons (Fsp3) is 0.143. The molecule has 2 aromatic heterocycles. The summed E-state index contributed by atoms with van der Waals surface area (Å²) in [6.45, 7) is 0. The Balaban J connectivity index is 1.86. The molecular weight excluding hydrogens is 324 g/mol. The minimum Gasteiger partial charge on any atom is -0.497 e. The van der Waals surface area contributed by atoms with Gasteiger partial charge in [-0.2, -0.15) is 0 Å². The first-order chi connectivity index (χ1) is 9.78. The van der Waals surface area contributed by atoms with Gasteiger partial charge in [-0.1, -0.05) is 15.9 Å². The van der Waals surface area contributed by atoms with Crippen molar-refractivity contribution in [3.8, 4) is 5.75 Å². The van der Waals surface area contributed by atoms with Crippen LogP contribution in [0.5, 0.6) is 5.75 Å². The number of ether oxygens (including phenoxy) is 1. The predicted molar refractivity (Wildman–Crippen MR) is 78.6 cm³/mol. The normalized spacial score (nSPS) is 11.5. The molecule has 0 radical (unpaired) electrons. The number of halogens is 1. The molecule has 0 aliphatic heterocycles. The maximum atomic E-state index is 5.70. The van der Waals surface area contributed by atoms with Gasteiger partial charge in [0.2, 0.25) is 11.8 Å². The molecule has 3 aromatic rings. The van der Waals surface area contributed by atoms with E-state index in [1.54, 1.807) is 19.3 Å². The lowest BCUT2D eigenvalue weighted by molar-refractivity contribution is 0.414. The summed E-state index contributed by atoms with van der Waals surface area (Å²) in [4.78, 5) is 0. The third-order valence-corrected chi connectivity index (χ3v) is 3.21. The van der Waals surface area contributed by atoms with E-state index in [0.717, 1.165) is 16.7 Å². The Morgan fingerprint density at radius 2 is 2.10 bits per heavy atom. The van der Waals surface area contributed by atoms with E-state index in [2.05, 4.69) is 26.1 Å². The van der Waals surface area contributed by atoms with Gasteiger partial charge in [0.05, 0.1) is 12.4 Å². The van der Waals surface area contributed by atoms with Crippen LogP contribution in [0.15, 0.2) is 33.1 Å². The lowest BCUT2D eigenvalue weighted by atomic mass is 10.2. The van der Waals surface area contributed by atoms with Crippen LogP contribution in [0.4, 0.5) is 0 Å². The minimum atomic E-state index is 0.442. The number of nitrogens with zero attached hydrogens (tertiary/aromatic N) is 2. The molecule has 0 unspecified atom stereocenters. The highest BCUT2D eigenvalue weighted by Gasteiger charge is 2.04. The maximum absolute atomic E-state index is 5.70. The van der Waals surface area contributed by atoms with Crippen LogP contribution in [0.25, 0.3) is 23.1 Å². The maximum Gasteiger partial charge on any atom is 0.240 e. The van der Waals surface area contributed by atoms with E-state index in [4.69, 9.17) is 13.6 Å². The number of hydrogen-bond acceptors (Lipinski definition) is 5. The summed E-state index contributed by atoms with van der Waals surface area (Å²) in [5.74, 6) is 2.46. The monoisotopic (exact) mass is 334 g/mol. The van der Waals surface area contributed by atoms with Crippen LogP contribution in [-0.2, 0) is 5.33 Å². The number of hydrogen-bond donors (Lipinski definition) is 0. The van der Waals surface area contributed by atoms with E-state index in [0.29, 0.717) is 22.9 Å². The number of furan rings is 1. The molecule has 0 amide bonds. The van der Waals surface area contributed by atoms with Crippen molar-refractivity contribution in [1.29, 1.82) is 0 Å². The standard InChI is InChI=1S/C14H11BrN2O3/c1-18-10-3-2-9-6-11(19-12(9)7-10)4-5-13-16-17-14(8-15)20-13/h2-7H,8H2,1H3/b5-4+. The molecule has 0 atom stereocenters. The number of methoxy groups -OCH3 is 1. The average molecular weight is 335 g/mol. The topological polar surface area (TPSA) is 61.3 Å². The third-order valence-electron chi connectivity index (χ3n) is 2.73. The zero-order valence-corrected chi connectivity index (χ0v) is 12.3. The zero-order valence-electron chi connectivity index (χ0n) is 10.7. The first kappa shape index (κ1) is 12.9. The van der Waals surface area contributed by atoms with Crippen LogP contribution < -0.4 is 4.74 Å². The van der Waals surface area contributed by atoms with Crippen molar-refractivity contribution >= 4 is 39.1 Å². The van der Waals surface area contributed by atoms with Crippen molar-refractivity contribution in [2.75, 3.05) is 7.11 Å².